The fourth-order valence-corrected chi connectivity index (χ4v) is 1.88. The van der Waals surface area contributed by atoms with Gasteiger partial charge in [0.15, 0.2) is 5.90 Å². The molecule has 0 fully saturated rings. The van der Waals surface area contributed by atoms with E-state index in [1.54, 1.807) is 6.08 Å². The van der Waals surface area contributed by atoms with Gasteiger partial charge in [-0.2, -0.15) is 0 Å². The first-order chi connectivity index (χ1) is 10.4. The van der Waals surface area contributed by atoms with Gasteiger partial charge in [-0.25, -0.2) is 4.99 Å². The van der Waals surface area contributed by atoms with Crippen molar-refractivity contribution in [2.75, 3.05) is 6.61 Å². The smallest absolute Gasteiger partial charge is 0.180 e. The zero-order chi connectivity index (χ0) is 16.6. The number of aliphatic imine (C=N–C) groups is 1. The zero-order valence-corrected chi connectivity index (χ0v) is 13.7. The Morgan fingerprint density at radius 3 is 2.36 bits per heavy atom. The molecule has 3 heteroatoms. The number of ether oxygens (including phenoxy) is 1. The maximum absolute atomic E-state index is 8.86. The summed E-state index contributed by atoms with van der Waals surface area (Å²) in [6.45, 7) is 14.3. The van der Waals surface area contributed by atoms with Crippen molar-refractivity contribution in [2.24, 2.45) is 4.99 Å². The zero-order valence-electron chi connectivity index (χ0n) is 13.7. The van der Waals surface area contributed by atoms with Crippen molar-refractivity contribution in [3.8, 4) is 0 Å². The van der Waals surface area contributed by atoms with Crippen molar-refractivity contribution in [3.63, 3.8) is 0 Å². The molecule has 3 nitrogen and oxygen atoms in total. The van der Waals surface area contributed by atoms with Crippen LogP contribution in [0.2, 0.25) is 0 Å². The molecule has 0 atom stereocenters. The van der Waals surface area contributed by atoms with E-state index in [0.717, 1.165) is 29.2 Å². The van der Waals surface area contributed by atoms with Crippen LogP contribution in [0, 0.1) is 0 Å². The van der Waals surface area contributed by atoms with Gasteiger partial charge in [-0.1, -0.05) is 55.7 Å². The molecule has 1 aliphatic rings. The molecule has 118 valence electrons. The van der Waals surface area contributed by atoms with E-state index in [9.17, 15) is 0 Å². The van der Waals surface area contributed by atoms with Crippen LogP contribution < -0.4 is 0 Å². The monoisotopic (exact) mass is 299 g/mol. The average molecular weight is 299 g/mol. The van der Waals surface area contributed by atoms with Crippen molar-refractivity contribution in [3.05, 3.63) is 66.8 Å². The van der Waals surface area contributed by atoms with Crippen molar-refractivity contribution in [1.82, 2.24) is 0 Å². The van der Waals surface area contributed by atoms with Gasteiger partial charge in [-0.05, 0) is 30.5 Å². The molecule has 1 aromatic rings. The average Bonchev–Trinajstić information content (AvgIpc) is 2.82. The van der Waals surface area contributed by atoms with Gasteiger partial charge in [0, 0.05) is 6.92 Å². The Morgan fingerprint density at radius 1 is 1.36 bits per heavy atom. The third-order valence-electron chi connectivity index (χ3n) is 3.04. The number of hydrogen-bond donors (Lipinski definition) is 1. The summed E-state index contributed by atoms with van der Waals surface area (Å²) in [5.41, 5.74) is 2.94. The summed E-state index contributed by atoms with van der Waals surface area (Å²) < 4.78 is 5.12. The Labute approximate surface area is 133 Å². The number of hydrogen-bond acceptors (Lipinski definition) is 3. The fraction of sp³-hybridized carbons (Fsp3) is 0.316. The number of aliphatic hydroxyl groups is 1. The van der Waals surface area contributed by atoms with Crippen LogP contribution in [-0.2, 0) is 11.3 Å². The maximum Gasteiger partial charge on any atom is 0.180 e. The van der Waals surface area contributed by atoms with Crippen LogP contribution in [0.5, 0.6) is 0 Å². The lowest BCUT2D eigenvalue weighted by Gasteiger charge is -2.07. The summed E-state index contributed by atoms with van der Waals surface area (Å²) in [5, 5.41) is 8.86. The first kappa shape index (κ1) is 17.9. The summed E-state index contributed by atoms with van der Waals surface area (Å²) >= 11 is 0. The Bertz CT molecular complexity index is 566. The number of allylic oxidation sites excluding steroid dienone is 4. The van der Waals surface area contributed by atoms with E-state index in [4.69, 9.17) is 9.84 Å². The predicted molar refractivity (Wildman–Crippen MR) is 93.9 cm³/mol. The largest absolute Gasteiger partial charge is 0.479 e. The van der Waals surface area contributed by atoms with E-state index >= 15 is 0 Å². The second kappa shape index (κ2) is 8.35. The van der Waals surface area contributed by atoms with E-state index in [1.165, 1.54) is 0 Å². The molecular weight excluding hydrogens is 274 g/mol. The van der Waals surface area contributed by atoms with Gasteiger partial charge < -0.3 is 9.84 Å². The SMILES string of the molecule is C=C/C=C\C(=C)c1ccc(CO)cc1.CC1=NC(C)(C)CO1. The van der Waals surface area contributed by atoms with E-state index in [0.29, 0.717) is 0 Å². The molecule has 0 aliphatic carbocycles. The quantitative estimate of drug-likeness (QED) is 0.849. The first-order valence-electron chi connectivity index (χ1n) is 7.25. The molecule has 0 saturated carbocycles. The van der Waals surface area contributed by atoms with Crippen molar-refractivity contribution in [2.45, 2.75) is 32.9 Å². The molecule has 0 radical (unpaired) electrons. The minimum atomic E-state index is 0.0318. The normalized spacial score (nSPS) is 15.5. The fourth-order valence-electron chi connectivity index (χ4n) is 1.88. The summed E-state index contributed by atoms with van der Waals surface area (Å²) in [5.74, 6) is 0.815. The number of benzene rings is 1. The molecule has 1 aliphatic heterocycles. The Kier molecular flexibility index (Phi) is 6.80. The second-order valence-corrected chi connectivity index (χ2v) is 5.71. The molecule has 1 heterocycles. The molecular formula is C19H25NO2. The van der Waals surface area contributed by atoms with Gasteiger partial charge in [0.05, 0.1) is 12.1 Å². The highest BCUT2D eigenvalue weighted by Crippen LogP contribution is 2.16. The van der Waals surface area contributed by atoms with Crippen LogP contribution in [0.1, 0.15) is 31.9 Å². The van der Waals surface area contributed by atoms with Crippen LogP contribution in [0.25, 0.3) is 5.57 Å². The van der Waals surface area contributed by atoms with Crippen molar-refractivity contribution in [1.29, 1.82) is 0 Å². The molecule has 2 rings (SSSR count). The maximum atomic E-state index is 8.86. The number of aliphatic hydroxyl groups excluding tert-OH is 1. The molecule has 0 spiro atoms. The topological polar surface area (TPSA) is 41.8 Å². The van der Waals surface area contributed by atoms with Crippen molar-refractivity contribution < 1.29 is 9.84 Å². The van der Waals surface area contributed by atoms with Gasteiger partial charge in [0.25, 0.3) is 0 Å². The molecule has 1 aromatic carbocycles. The summed E-state index contributed by atoms with van der Waals surface area (Å²) in [6, 6.07) is 7.67. The highest BCUT2D eigenvalue weighted by atomic mass is 16.5. The molecule has 0 bridgehead atoms. The van der Waals surface area contributed by atoms with Crippen LogP contribution in [0.4, 0.5) is 0 Å². The third kappa shape index (κ3) is 6.10. The molecule has 1 N–H and O–H groups in total. The lowest BCUT2D eigenvalue weighted by atomic mass is 10.1. The van der Waals surface area contributed by atoms with Gasteiger partial charge in [0.1, 0.15) is 6.61 Å². The van der Waals surface area contributed by atoms with E-state index in [-0.39, 0.29) is 12.1 Å². The lowest BCUT2D eigenvalue weighted by molar-refractivity contribution is 0.277. The van der Waals surface area contributed by atoms with Crippen LogP contribution in [0.3, 0.4) is 0 Å². The summed E-state index contributed by atoms with van der Waals surface area (Å²) in [4.78, 5) is 4.22. The number of nitrogens with zero attached hydrogens (tertiary/aromatic N) is 1. The summed E-state index contributed by atoms with van der Waals surface area (Å²) in [7, 11) is 0. The second-order valence-electron chi connectivity index (χ2n) is 5.71. The van der Waals surface area contributed by atoms with Gasteiger partial charge in [0.2, 0.25) is 0 Å². The molecule has 0 unspecified atom stereocenters. The third-order valence-corrected chi connectivity index (χ3v) is 3.04. The van der Waals surface area contributed by atoms with E-state index in [2.05, 4.69) is 32.0 Å². The number of rotatable bonds is 4. The summed E-state index contributed by atoms with van der Waals surface area (Å²) in [6.07, 6.45) is 5.47. The van der Waals surface area contributed by atoms with Gasteiger partial charge in [-0.3, -0.25) is 0 Å². The molecule has 0 aromatic heterocycles. The van der Waals surface area contributed by atoms with E-state index in [1.807, 2.05) is 43.3 Å². The standard InChI is InChI=1S/C13H14O.C6H11NO/c1-3-4-5-11(2)13-8-6-12(10-14)7-9-13;1-5-7-6(2,3)4-8-5/h3-9,14H,1-2,10H2;4H2,1-3H3/b5-4-;. The predicted octanol–water partition coefficient (Wildman–Crippen LogP) is 4.15. The lowest BCUT2D eigenvalue weighted by Crippen LogP contribution is -2.17. The molecule has 0 saturated heterocycles. The van der Waals surface area contributed by atoms with Gasteiger partial charge in [-0.15, -0.1) is 0 Å². The Morgan fingerprint density at radius 2 is 2.00 bits per heavy atom. The van der Waals surface area contributed by atoms with Crippen LogP contribution >= 0.6 is 0 Å². The van der Waals surface area contributed by atoms with Crippen LogP contribution in [-0.4, -0.2) is 23.2 Å². The van der Waals surface area contributed by atoms with Gasteiger partial charge >= 0.3 is 0 Å². The Hall–Kier alpha value is -2.13. The first-order valence-corrected chi connectivity index (χ1v) is 7.25. The highest BCUT2D eigenvalue weighted by Gasteiger charge is 2.23. The van der Waals surface area contributed by atoms with E-state index < -0.39 is 0 Å². The van der Waals surface area contributed by atoms with Crippen molar-refractivity contribution >= 4 is 11.5 Å². The minimum Gasteiger partial charge on any atom is -0.479 e. The Balaban J connectivity index is 0.000000255. The molecule has 0 amide bonds. The molecule has 22 heavy (non-hydrogen) atoms. The highest BCUT2D eigenvalue weighted by molar-refractivity contribution is 5.75. The minimum absolute atomic E-state index is 0.0318. The van der Waals surface area contributed by atoms with Crippen LogP contribution in [0.15, 0.2) is 60.6 Å².